The molecule has 172 valence electrons. The number of halogens is 2. The van der Waals surface area contributed by atoms with Crippen molar-refractivity contribution in [3.63, 3.8) is 0 Å². The number of carbonyl (C=O) groups is 4. The van der Waals surface area contributed by atoms with Gasteiger partial charge in [-0.2, -0.15) is 0 Å². The van der Waals surface area contributed by atoms with Crippen LogP contribution in [0.3, 0.4) is 0 Å². The van der Waals surface area contributed by atoms with Crippen molar-refractivity contribution in [2.45, 2.75) is 0 Å². The first-order valence-electron chi connectivity index (χ1n) is 9.21. The summed E-state index contributed by atoms with van der Waals surface area (Å²) in [5, 5.41) is 10.3. The molecule has 3 amide bonds. The average molecular weight is 478 g/mol. The Morgan fingerprint density at radius 3 is 2.64 bits per heavy atom. The number of thioether (sulfide) groups is 1. The summed E-state index contributed by atoms with van der Waals surface area (Å²) in [6.07, 6.45) is 1.31. The van der Waals surface area contributed by atoms with Crippen LogP contribution in [0.15, 0.2) is 41.3 Å². The van der Waals surface area contributed by atoms with E-state index in [9.17, 15) is 28.0 Å². The minimum Gasteiger partial charge on any atom is -0.493 e. The van der Waals surface area contributed by atoms with E-state index in [0.29, 0.717) is 22.7 Å². The highest BCUT2D eigenvalue weighted by molar-refractivity contribution is 8.18. The molecule has 3 rings (SSSR count). The van der Waals surface area contributed by atoms with E-state index in [4.69, 9.17) is 14.6 Å². The Morgan fingerprint density at radius 2 is 1.97 bits per heavy atom. The topological polar surface area (TPSA) is 122 Å². The molecule has 9 nitrogen and oxygen atoms in total. The predicted octanol–water partition coefficient (Wildman–Crippen LogP) is 3.11. The van der Waals surface area contributed by atoms with Gasteiger partial charge in [0.25, 0.3) is 11.1 Å². The molecule has 33 heavy (non-hydrogen) atoms. The van der Waals surface area contributed by atoms with E-state index in [2.05, 4.69) is 5.32 Å². The van der Waals surface area contributed by atoms with Gasteiger partial charge in [-0.3, -0.25) is 19.3 Å². The van der Waals surface area contributed by atoms with Gasteiger partial charge < -0.3 is 19.9 Å². The monoisotopic (exact) mass is 478 g/mol. The molecule has 0 unspecified atom stereocenters. The van der Waals surface area contributed by atoms with Crippen LogP contribution >= 0.6 is 11.8 Å². The van der Waals surface area contributed by atoms with Crippen LogP contribution < -0.4 is 14.8 Å². The van der Waals surface area contributed by atoms with Crippen LogP contribution in [0, 0.1) is 11.6 Å². The second kappa shape index (κ2) is 10.1. The summed E-state index contributed by atoms with van der Waals surface area (Å²) in [5.41, 5.74) is -0.0283. The number of methoxy groups -OCH3 is 1. The molecule has 1 saturated heterocycles. The number of benzene rings is 2. The second-order valence-electron chi connectivity index (χ2n) is 6.50. The van der Waals surface area contributed by atoms with Gasteiger partial charge in [-0.05, 0) is 36.0 Å². The number of ether oxygens (including phenoxy) is 2. The van der Waals surface area contributed by atoms with Crippen LogP contribution in [0.1, 0.15) is 5.56 Å². The predicted molar refractivity (Wildman–Crippen MR) is 114 cm³/mol. The number of carboxylic acids is 1. The standard InChI is InChI=1S/C21H16F2N2O7S/c1-31-15-4-2-3-11(19(15)32-10-18(27)28)7-16-20(29)25(21(30)33-16)9-17(26)24-14-6-5-12(22)8-13(14)23/h2-8H,9-10H2,1H3,(H,24,26)(H,27,28). The molecule has 1 heterocycles. The van der Waals surface area contributed by atoms with E-state index in [1.54, 1.807) is 6.07 Å². The third kappa shape index (κ3) is 5.66. The average Bonchev–Trinajstić information content (AvgIpc) is 3.01. The molecule has 0 atom stereocenters. The fourth-order valence-electron chi connectivity index (χ4n) is 2.80. The summed E-state index contributed by atoms with van der Waals surface area (Å²) in [6.45, 7) is -1.36. The van der Waals surface area contributed by atoms with Crippen molar-refractivity contribution in [3.05, 3.63) is 58.5 Å². The molecule has 1 aliphatic heterocycles. The summed E-state index contributed by atoms with van der Waals surface area (Å²) >= 11 is 0.559. The number of imide groups is 1. The van der Waals surface area contributed by atoms with Crippen molar-refractivity contribution in [2.75, 3.05) is 25.6 Å². The normalized spacial score (nSPS) is 14.5. The molecule has 0 saturated carbocycles. The first-order chi connectivity index (χ1) is 15.7. The van der Waals surface area contributed by atoms with Crippen molar-refractivity contribution >= 4 is 46.5 Å². The van der Waals surface area contributed by atoms with Gasteiger partial charge in [0.15, 0.2) is 18.1 Å². The number of hydrogen-bond acceptors (Lipinski definition) is 7. The van der Waals surface area contributed by atoms with Crippen LogP contribution in [-0.2, 0) is 14.4 Å². The molecule has 0 aliphatic carbocycles. The largest absolute Gasteiger partial charge is 0.493 e. The maximum absolute atomic E-state index is 13.7. The number of anilines is 1. The van der Waals surface area contributed by atoms with Gasteiger partial charge in [0.05, 0.1) is 17.7 Å². The van der Waals surface area contributed by atoms with E-state index in [1.807, 2.05) is 0 Å². The Kier molecular flexibility index (Phi) is 7.28. The van der Waals surface area contributed by atoms with Gasteiger partial charge >= 0.3 is 5.97 Å². The van der Waals surface area contributed by atoms with Crippen molar-refractivity contribution < 1.29 is 42.5 Å². The van der Waals surface area contributed by atoms with Crippen molar-refractivity contribution in [1.82, 2.24) is 4.90 Å². The number of nitrogens with one attached hydrogen (secondary N) is 1. The quantitative estimate of drug-likeness (QED) is 0.555. The number of hydrogen-bond donors (Lipinski definition) is 2. The number of carboxylic acid groups (broad SMARTS) is 1. The molecule has 1 aliphatic rings. The molecule has 0 radical (unpaired) electrons. The number of carbonyl (C=O) groups excluding carboxylic acids is 3. The van der Waals surface area contributed by atoms with Crippen molar-refractivity contribution in [2.24, 2.45) is 0 Å². The fraction of sp³-hybridized carbons (Fsp3) is 0.143. The van der Waals surface area contributed by atoms with Gasteiger partial charge in [0, 0.05) is 11.6 Å². The van der Waals surface area contributed by atoms with Gasteiger partial charge in [-0.15, -0.1) is 0 Å². The highest BCUT2D eigenvalue weighted by Gasteiger charge is 2.36. The number of amides is 3. The molecule has 2 N–H and O–H groups in total. The van der Waals surface area contributed by atoms with Crippen LogP contribution in [0.25, 0.3) is 6.08 Å². The van der Waals surface area contributed by atoms with E-state index in [1.165, 1.54) is 25.3 Å². The summed E-state index contributed by atoms with van der Waals surface area (Å²) in [4.78, 5) is 48.7. The van der Waals surface area contributed by atoms with E-state index in [0.717, 1.165) is 12.1 Å². The Morgan fingerprint density at radius 1 is 1.21 bits per heavy atom. The van der Waals surface area contributed by atoms with Crippen LogP contribution in [0.5, 0.6) is 11.5 Å². The second-order valence-corrected chi connectivity index (χ2v) is 7.49. The minimum absolute atomic E-state index is 0.0470. The van der Waals surface area contributed by atoms with Crippen molar-refractivity contribution in [1.29, 1.82) is 0 Å². The molecule has 2 aromatic rings. The van der Waals surface area contributed by atoms with Gasteiger partial charge in [-0.25, -0.2) is 13.6 Å². The van der Waals surface area contributed by atoms with Crippen LogP contribution in [0.4, 0.5) is 19.3 Å². The summed E-state index contributed by atoms with van der Waals surface area (Å²) in [5.74, 6) is -4.45. The van der Waals surface area contributed by atoms with E-state index in [-0.39, 0.29) is 27.7 Å². The first-order valence-corrected chi connectivity index (χ1v) is 10.0. The Bertz CT molecular complexity index is 1170. The van der Waals surface area contributed by atoms with E-state index < -0.39 is 47.8 Å². The Balaban J connectivity index is 1.78. The number of rotatable bonds is 8. The molecular weight excluding hydrogens is 462 g/mol. The fourth-order valence-corrected chi connectivity index (χ4v) is 3.63. The van der Waals surface area contributed by atoms with Gasteiger partial charge in [0.1, 0.15) is 18.2 Å². The third-order valence-corrected chi connectivity index (χ3v) is 5.14. The summed E-state index contributed by atoms with van der Waals surface area (Å²) < 4.78 is 37.1. The highest BCUT2D eigenvalue weighted by Crippen LogP contribution is 2.37. The highest BCUT2D eigenvalue weighted by atomic mass is 32.2. The smallest absolute Gasteiger partial charge is 0.341 e. The molecule has 2 aromatic carbocycles. The molecular formula is C21H16F2N2O7S. The maximum atomic E-state index is 13.7. The zero-order valence-electron chi connectivity index (χ0n) is 17.0. The Hall–Kier alpha value is -3.93. The van der Waals surface area contributed by atoms with Gasteiger partial charge in [0.2, 0.25) is 5.91 Å². The van der Waals surface area contributed by atoms with Gasteiger partial charge in [-0.1, -0.05) is 12.1 Å². The Labute approximate surface area is 190 Å². The molecule has 0 spiro atoms. The lowest BCUT2D eigenvalue weighted by molar-refractivity contribution is -0.139. The lowest BCUT2D eigenvalue weighted by Gasteiger charge is -2.13. The lowest BCUT2D eigenvalue weighted by atomic mass is 10.1. The molecule has 1 fully saturated rings. The third-order valence-electron chi connectivity index (χ3n) is 4.24. The molecule has 12 heteroatoms. The maximum Gasteiger partial charge on any atom is 0.341 e. The zero-order valence-corrected chi connectivity index (χ0v) is 17.8. The molecule has 0 aromatic heterocycles. The van der Waals surface area contributed by atoms with Crippen LogP contribution in [-0.4, -0.2) is 53.3 Å². The summed E-state index contributed by atoms with van der Waals surface area (Å²) in [6, 6.07) is 7.16. The SMILES string of the molecule is COc1cccc(C=C2SC(=O)N(CC(=O)Nc3ccc(F)cc3F)C2=O)c1OCC(=O)O. The van der Waals surface area contributed by atoms with Crippen molar-refractivity contribution in [3.8, 4) is 11.5 Å². The lowest BCUT2D eigenvalue weighted by Crippen LogP contribution is -2.36. The number of nitrogens with zero attached hydrogens (tertiary/aromatic N) is 1. The number of para-hydroxylation sites is 1. The molecule has 0 bridgehead atoms. The minimum atomic E-state index is -1.23. The zero-order chi connectivity index (χ0) is 24.1. The summed E-state index contributed by atoms with van der Waals surface area (Å²) in [7, 11) is 1.35. The number of aliphatic carboxylic acids is 1. The van der Waals surface area contributed by atoms with E-state index >= 15 is 0 Å². The van der Waals surface area contributed by atoms with Crippen LogP contribution in [0.2, 0.25) is 0 Å². The first kappa shape index (κ1) is 23.7.